The van der Waals surface area contributed by atoms with Gasteiger partial charge in [0.05, 0.1) is 12.5 Å². The fourth-order valence-electron chi connectivity index (χ4n) is 2.32. The minimum Gasteiger partial charge on any atom is -0.469 e. The highest BCUT2D eigenvalue weighted by Gasteiger charge is 2.45. The minimum atomic E-state index is -0.504. The third-order valence-corrected chi connectivity index (χ3v) is 3.96. The van der Waals surface area contributed by atoms with Crippen molar-refractivity contribution in [2.45, 2.75) is 25.7 Å². The molecule has 0 heterocycles. The van der Waals surface area contributed by atoms with Gasteiger partial charge in [0, 0.05) is 4.47 Å². The molecular formula is C13H14BrFO2. The summed E-state index contributed by atoms with van der Waals surface area (Å²) < 4.78 is 19.3. The van der Waals surface area contributed by atoms with Crippen molar-refractivity contribution >= 4 is 21.9 Å². The molecule has 0 atom stereocenters. The SMILES string of the molecule is COC(=O)C1(Cc2cc(Br)ccc2F)CCC1. The Balaban J connectivity index is 2.24. The molecule has 1 fully saturated rings. The van der Waals surface area contributed by atoms with E-state index in [0.29, 0.717) is 12.0 Å². The first kappa shape index (κ1) is 12.6. The largest absolute Gasteiger partial charge is 0.469 e. The molecule has 1 aliphatic carbocycles. The molecule has 0 spiro atoms. The van der Waals surface area contributed by atoms with Crippen LogP contribution in [0.3, 0.4) is 0 Å². The highest BCUT2D eigenvalue weighted by Crippen LogP contribution is 2.45. The molecule has 1 saturated carbocycles. The van der Waals surface area contributed by atoms with E-state index >= 15 is 0 Å². The number of methoxy groups -OCH3 is 1. The van der Waals surface area contributed by atoms with Crippen molar-refractivity contribution in [2.75, 3.05) is 7.11 Å². The van der Waals surface area contributed by atoms with Gasteiger partial charge in [-0.15, -0.1) is 0 Å². The molecule has 0 bridgehead atoms. The Morgan fingerprint density at radius 1 is 1.53 bits per heavy atom. The van der Waals surface area contributed by atoms with E-state index < -0.39 is 5.41 Å². The molecule has 0 aromatic heterocycles. The summed E-state index contributed by atoms with van der Waals surface area (Å²) >= 11 is 3.32. The normalized spacial score (nSPS) is 17.4. The fraction of sp³-hybridized carbons (Fsp3) is 0.462. The average molecular weight is 301 g/mol. The van der Waals surface area contributed by atoms with Gasteiger partial charge in [-0.3, -0.25) is 4.79 Å². The van der Waals surface area contributed by atoms with Gasteiger partial charge in [0.25, 0.3) is 0 Å². The van der Waals surface area contributed by atoms with Crippen LogP contribution in [0.25, 0.3) is 0 Å². The standard InChI is InChI=1S/C13H14BrFO2/c1-17-12(16)13(5-2-6-13)8-9-7-10(14)3-4-11(9)15/h3-4,7H,2,5-6,8H2,1H3. The average Bonchev–Trinajstić information content (AvgIpc) is 2.27. The van der Waals surface area contributed by atoms with Gasteiger partial charge in [-0.05, 0) is 43.0 Å². The molecule has 92 valence electrons. The molecule has 0 saturated heterocycles. The Morgan fingerprint density at radius 2 is 2.24 bits per heavy atom. The number of carbonyl (C=O) groups is 1. The number of halogens is 2. The van der Waals surface area contributed by atoms with Crippen molar-refractivity contribution in [1.29, 1.82) is 0 Å². The number of carbonyl (C=O) groups excluding carboxylic acids is 1. The van der Waals surface area contributed by atoms with Gasteiger partial charge in [-0.1, -0.05) is 22.4 Å². The molecule has 0 unspecified atom stereocenters. The summed E-state index contributed by atoms with van der Waals surface area (Å²) in [4.78, 5) is 11.8. The summed E-state index contributed by atoms with van der Waals surface area (Å²) in [6.45, 7) is 0. The summed E-state index contributed by atoms with van der Waals surface area (Å²) in [7, 11) is 1.39. The van der Waals surface area contributed by atoms with E-state index in [-0.39, 0.29) is 11.8 Å². The van der Waals surface area contributed by atoms with Gasteiger partial charge >= 0.3 is 5.97 Å². The van der Waals surface area contributed by atoms with E-state index in [1.807, 2.05) is 0 Å². The van der Waals surface area contributed by atoms with Crippen LogP contribution in [0.5, 0.6) is 0 Å². The quantitative estimate of drug-likeness (QED) is 0.799. The Kier molecular flexibility index (Phi) is 3.52. The third kappa shape index (κ3) is 2.37. The second-order valence-corrected chi connectivity index (χ2v) is 5.45. The zero-order valence-corrected chi connectivity index (χ0v) is 11.2. The van der Waals surface area contributed by atoms with Gasteiger partial charge in [0.1, 0.15) is 5.82 Å². The molecule has 0 N–H and O–H groups in total. The van der Waals surface area contributed by atoms with Crippen LogP contribution in [0, 0.1) is 11.2 Å². The van der Waals surface area contributed by atoms with Crippen molar-refractivity contribution in [3.8, 4) is 0 Å². The molecule has 4 heteroatoms. The van der Waals surface area contributed by atoms with Crippen molar-refractivity contribution in [3.63, 3.8) is 0 Å². The lowest BCUT2D eigenvalue weighted by molar-refractivity contribution is -0.158. The zero-order chi connectivity index (χ0) is 12.5. The highest BCUT2D eigenvalue weighted by atomic mass is 79.9. The third-order valence-electron chi connectivity index (χ3n) is 3.47. The lowest BCUT2D eigenvalue weighted by Gasteiger charge is -2.39. The number of rotatable bonds is 3. The van der Waals surface area contributed by atoms with Crippen LogP contribution in [-0.2, 0) is 16.0 Å². The molecule has 0 radical (unpaired) electrons. The van der Waals surface area contributed by atoms with E-state index in [1.54, 1.807) is 12.1 Å². The fourth-order valence-corrected chi connectivity index (χ4v) is 2.72. The zero-order valence-electron chi connectivity index (χ0n) is 9.63. The van der Waals surface area contributed by atoms with Gasteiger partial charge in [-0.25, -0.2) is 4.39 Å². The Bertz CT molecular complexity index is 441. The van der Waals surface area contributed by atoms with Crippen LogP contribution in [0.15, 0.2) is 22.7 Å². The summed E-state index contributed by atoms with van der Waals surface area (Å²) in [5, 5.41) is 0. The number of hydrogen-bond donors (Lipinski definition) is 0. The van der Waals surface area contributed by atoms with Crippen molar-refractivity contribution in [2.24, 2.45) is 5.41 Å². The highest BCUT2D eigenvalue weighted by molar-refractivity contribution is 9.10. The molecule has 1 aliphatic rings. The van der Waals surface area contributed by atoms with Gasteiger partial charge in [-0.2, -0.15) is 0 Å². The second-order valence-electron chi connectivity index (χ2n) is 4.54. The lowest BCUT2D eigenvalue weighted by atomic mass is 9.65. The van der Waals surface area contributed by atoms with E-state index in [0.717, 1.165) is 23.7 Å². The first-order chi connectivity index (χ1) is 8.07. The molecule has 0 aliphatic heterocycles. The Hall–Kier alpha value is -0.900. The van der Waals surface area contributed by atoms with Crippen molar-refractivity contribution < 1.29 is 13.9 Å². The maximum absolute atomic E-state index is 13.7. The first-order valence-electron chi connectivity index (χ1n) is 5.60. The van der Waals surface area contributed by atoms with Crippen LogP contribution in [0.1, 0.15) is 24.8 Å². The maximum atomic E-state index is 13.7. The second kappa shape index (κ2) is 4.77. The molecule has 0 amide bonds. The lowest BCUT2D eigenvalue weighted by Crippen LogP contribution is -2.41. The van der Waals surface area contributed by atoms with E-state index in [4.69, 9.17) is 4.74 Å². The molecule has 2 rings (SSSR count). The monoisotopic (exact) mass is 300 g/mol. The molecule has 17 heavy (non-hydrogen) atoms. The molecule has 2 nitrogen and oxygen atoms in total. The summed E-state index contributed by atoms with van der Waals surface area (Å²) in [5.74, 6) is -0.480. The van der Waals surface area contributed by atoms with Crippen LogP contribution in [0.2, 0.25) is 0 Å². The van der Waals surface area contributed by atoms with E-state index in [1.165, 1.54) is 13.2 Å². The number of hydrogen-bond acceptors (Lipinski definition) is 2. The Morgan fingerprint density at radius 3 is 2.76 bits per heavy atom. The van der Waals surface area contributed by atoms with Crippen LogP contribution < -0.4 is 0 Å². The summed E-state index contributed by atoms with van der Waals surface area (Å²) in [5.41, 5.74) is 0.0700. The number of esters is 1. The molecule has 1 aromatic rings. The molecular weight excluding hydrogens is 287 g/mol. The van der Waals surface area contributed by atoms with Crippen LogP contribution in [-0.4, -0.2) is 13.1 Å². The van der Waals surface area contributed by atoms with Crippen molar-refractivity contribution in [1.82, 2.24) is 0 Å². The van der Waals surface area contributed by atoms with Crippen molar-refractivity contribution in [3.05, 3.63) is 34.1 Å². The minimum absolute atomic E-state index is 0.219. The Labute approximate surface area is 108 Å². The van der Waals surface area contributed by atoms with Crippen LogP contribution in [0.4, 0.5) is 4.39 Å². The topological polar surface area (TPSA) is 26.3 Å². The maximum Gasteiger partial charge on any atom is 0.312 e. The smallest absolute Gasteiger partial charge is 0.312 e. The number of ether oxygens (including phenoxy) is 1. The first-order valence-corrected chi connectivity index (χ1v) is 6.39. The van der Waals surface area contributed by atoms with E-state index in [9.17, 15) is 9.18 Å². The van der Waals surface area contributed by atoms with Gasteiger partial charge in [0.2, 0.25) is 0 Å². The predicted molar refractivity (Wildman–Crippen MR) is 66.1 cm³/mol. The molecule has 1 aromatic carbocycles. The van der Waals surface area contributed by atoms with Crippen LogP contribution >= 0.6 is 15.9 Å². The predicted octanol–water partition coefficient (Wildman–Crippen LogP) is 3.47. The van der Waals surface area contributed by atoms with E-state index in [2.05, 4.69) is 15.9 Å². The van der Waals surface area contributed by atoms with Gasteiger partial charge < -0.3 is 4.74 Å². The summed E-state index contributed by atoms with van der Waals surface area (Å²) in [6, 6.07) is 4.81. The number of benzene rings is 1. The summed E-state index contributed by atoms with van der Waals surface area (Å²) in [6.07, 6.45) is 2.99. The van der Waals surface area contributed by atoms with Gasteiger partial charge in [0.15, 0.2) is 0 Å².